The zero-order chi connectivity index (χ0) is 26.8. The van der Waals surface area contributed by atoms with Crippen molar-refractivity contribution in [1.82, 2.24) is 4.57 Å². The molecule has 0 saturated carbocycles. The van der Waals surface area contributed by atoms with Crippen LogP contribution in [0.2, 0.25) is 0 Å². The minimum atomic E-state index is -0.724. The van der Waals surface area contributed by atoms with Gasteiger partial charge in [-0.05, 0) is 58.9 Å². The Morgan fingerprint density at radius 2 is 1.82 bits per heavy atom. The van der Waals surface area contributed by atoms with Crippen molar-refractivity contribution < 1.29 is 19.4 Å². The lowest BCUT2D eigenvalue weighted by molar-refractivity contribution is -0.138. The molecule has 0 unspecified atom stereocenters. The van der Waals surface area contributed by atoms with E-state index in [1.807, 2.05) is 83.3 Å². The van der Waals surface area contributed by atoms with E-state index >= 15 is 0 Å². The number of phenols is 1. The first kappa shape index (κ1) is 25.9. The molecule has 5 rings (SSSR count). The fraction of sp³-hybridized carbons (Fsp3) is 0.138. The molecule has 9 heteroatoms. The molecule has 0 bridgehead atoms. The van der Waals surface area contributed by atoms with E-state index in [-0.39, 0.29) is 17.9 Å². The predicted octanol–water partition coefficient (Wildman–Crippen LogP) is 4.25. The summed E-state index contributed by atoms with van der Waals surface area (Å²) in [5.74, 6) is -0.160. The number of benzene rings is 3. The maximum absolute atomic E-state index is 13.9. The van der Waals surface area contributed by atoms with Crippen molar-refractivity contribution in [3.63, 3.8) is 0 Å². The second-order valence-electron chi connectivity index (χ2n) is 8.40. The van der Waals surface area contributed by atoms with Crippen LogP contribution in [0, 0.1) is 3.57 Å². The summed E-state index contributed by atoms with van der Waals surface area (Å²) in [6.07, 6.45) is 1.74. The third-order valence-electron chi connectivity index (χ3n) is 6.06. The van der Waals surface area contributed by atoms with E-state index in [0.29, 0.717) is 35.5 Å². The van der Waals surface area contributed by atoms with Crippen molar-refractivity contribution in [2.75, 3.05) is 13.7 Å². The molecule has 0 fully saturated rings. The molecule has 38 heavy (non-hydrogen) atoms. The molecule has 1 aliphatic heterocycles. The number of carbonyl (C=O) groups is 1. The maximum atomic E-state index is 13.9. The summed E-state index contributed by atoms with van der Waals surface area (Å²) in [6, 6.07) is 21.6. The van der Waals surface area contributed by atoms with Gasteiger partial charge in [0.15, 0.2) is 16.3 Å². The molecule has 3 aromatic carbocycles. The summed E-state index contributed by atoms with van der Waals surface area (Å²) < 4.78 is 13.4. The molecule has 192 valence electrons. The highest BCUT2D eigenvalue weighted by Gasteiger charge is 2.35. The van der Waals surface area contributed by atoms with Gasteiger partial charge < -0.3 is 14.6 Å². The van der Waals surface area contributed by atoms with E-state index in [1.165, 1.54) is 18.4 Å². The fourth-order valence-corrected chi connectivity index (χ4v) is 6.00. The molecule has 0 saturated heterocycles. The number of hydrogen-bond acceptors (Lipinski definition) is 7. The third-order valence-corrected chi connectivity index (χ3v) is 7.86. The normalized spacial score (nSPS) is 15.1. The molecule has 0 spiro atoms. The molecule has 0 aliphatic carbocycles. The Balaban J connectivity index is 1.81. The van der Waals surface area contributed by atoms with Crippen LogP contribution in [0.25, 0.3) is 11.8 Å². The van der Waals surface area contributed by atoms with Gasteiger partial charge in [0.05, 0.1) is 39.1 Å². The second kappa shape index (κ2) is 11.0. The van der Waals surface area contributed by atoms with Crippen molar-refractivity contribution in [3.05, 3.63) is 118 Å². The number of aromatic nitrogens is 1. The Labute approximate surface area is 236 Å². The minimum absolute atomic E-state index is 0.0439. The molecule has 0 amide bonds. The Bertz CT molecular complexity index is 1730. The van der Waals surface area contributed by atoms with Crippen molar-refractivity contribution in [2.45, 2.75) is 13.0 Å². The van der Waals surface area contributed by atoms with E-state index in [4.69, 9.17) is 14.5 Å². The fourth-order valence-electron chi connectivity index (χ4n) is 4.38. The third kappa shape index (κ3) is 4.79. The number of phenolic OH excluding ortho intramolecular Hbond substituents is 1. The maximum Gasteiger partial charge on any atom is 0.338 e. The molecule has 1 aliphatic rings. The lowest BCUT2D eigenvalue weighted by Gasteiger charge is -2.25. The number of aromatic hydroxyl groups is 1. The van der Waals surface area contributed by atoms with Gasteiger partial charge in [-0.15, -0.1) is 0 Å². The van der Waals surface area contributed by atoms with E-state index in [0.717, 1.165) is 11.1 Å². The SMILES string of the molecule is CCOC(=O)C1=C(c2ccccc2)N=c2s/c(=C\c3cc(I)c(O)c(OC)c3)c(=O)n2[C@@H]1c1ccccc1. The van der Waals surface area contributed by atoms with Gasteiger partial charge in [0.2, 0.25) is 0 Å². The lowest BCUT2D eigenvalue weighted by Crippen LogP contribution is -2.39. The highest BCUT2D eigenvalue weighted by Crippen LogP contribution is 2.35. The van der Waals surface area contributed by atoms with Crippen molar-refractivity contribution in [1.29, 1.82) is 0 Å². The van der Waals surface area contributed by atoms with Crippen LogP contribution in [0.3, 0.4) is 0 Å². The topological polar surface area (TPSA) is 90.1 Å². The van der Waals surface area contributed by atoms with Gasteiger partial charge in [0.25, 0.3) is 5.56 Å². The van der Waals surface area contributed by atoms with Crippen LogP contribution in [-0.4, -0.2) is 29.4 Å². The Morgan fingerprint density at radius 3 is 2.47 bits per heavy atom. The average molecular weight is 638 g/mol. The van der Waals surface area contributed by atoms with E-state index in [9.17, 15) is 14.7 Å². The molecular formula is C29H23IN2O5S. The second-order valence-corrected chi connectivity index (χ2v) is 10.6. The van der Waals surface area contributed by atoms with Gasteiger partial charge in [-0.25, -0.2) is 9.79 Å². The largest absolute Gasteiger partial charge is 0.504 e. The molecule has 2 heterocycles. The lowest BCUT2D eigenvalue weighted by atomic mass is 9.93. The smallest absolute Gasteiger partial charge is 0.338 e. The standard InChI is InChI=1S/C29H23IN2O5S/c1-3-37-28(35)23-24(18-10-6-4-7-11-18)31-29-32(25(23)19-12-8-5-9-13-19)27(34)22(38-29)16-17-14-20(30)26(33)21(15-17)36-2/h4-16,25,33H,3H2,1-2H3/b22-16-/t25-/m1/s1. The van der Waals surface area contributed by atoms with Crippen LogP contribution < -0.4 is 19.6 Å². The number of thiazole rings is 1. The molecule has 0 radical (unpaired) electrons. The summed E-state index contributed by atoms with van der Waals surface area (Å²) in [5.41, 5.74) is 2.73. The quantitative estimate of drug-likeness (QED) is 0.252. The monoisotopic (exact) mass is 638 g/mol. The van der Waals surface area contributed by atoms with E-state index in [1.54, 1.807) is 29.7 Å². The number of nitrogens with zero attached hydrogens (tertiary/aromatic N) is 2. The van der Waals surface area contributed by atoms with Gasteiger partial charge in [-0.2, -0.15) is 0 Å². The van der Waals surface area contributed by atoms with Crippen LogP contribution in [0.1, 0.15) is 29.7 Å². The van der Waals surface area contributed by atoms with Crippen molar-refractivity contribution in [2.24, 2.45) is 4.99 Å². The van der Waals surface area contributed by atoms with Crippen LogP contribution >= 0.6 is 33.9 Å². The van der Waals surface area contributed by atoms with Crippen molar-refractivity contribution >= 4 is 51.7 Å². The number of hydrogen-bond donors (Lipinski definition) is 1. The first-order valence-electron chi connectivity index (χ1n) is 11.8. The summed E-state index contributed by atoms with van der Waals surface area (Å²) in [7, 11) is 1.48. The highest BCUT2D eigenvalue weighted by molar-refractivity contribution is 14.1. The molecule has 1 atom stereocenters. The number of halogens is 1. The van der Waals surface area contributed by atoms with E-state index < -0.39 is 12.0 Å². The van der Waals surface area contributed by atoms with Gasteiger partial charge in [-0.1, -0.05) is 72.0 Å². The number of ether oxygens (including phenoxy) is 2. The summed E-state index contributed by atoms with van der Waals surface area (Å²) >= 11 is 3.26. The van der Waals surface area contributed by atoms with Crippen LogP contribution in [-0.2, 0) is 9.53 Å². The van der Waals surface area contributed by atoms with Gasteiger partial charge in [-0.3, -0.25) is 9.36 Å². The molecular weight excluding hydrogens is 615 g/mol. The summed E-state index contributed by atoms with van der Waals surface area (Å²) in [4.78, 5) is 32.6. The summed E-state index contributed by atoms with van der Waals surface area (Å²) in [6.45, 7) is 1.94. The Hall–Kier alpha value is -3.70. The number of methoxy groups -OCH3 is 1. The summed E-state index contributed by atoms with van der Waals surface area (Å²) in [5, 5.41) is 10.2. The van der Waals surface area contributed by atoms with Crippen LogP contribution in [0.5, 0.6) is 11.5 Å². The van der Waals surface area contributed by atoms with Crippen molar-refractivity contribution in [3.8, 4) is 11.5 Å². The van der Waals surface area contributed by atoms with Gasteiger partial charge in [0, 0.05) is 5.56 Å². The number of esters is 1. The minimum Gasteiger partial charge on any atom is -0.504 e. The highest BCUT2D eigenvalue weighted by atomic mass is 127. The van der Waals surface area contributed by atoms with Crippen LogP contribution in [0.15, 0.2) is 88.2 Å². The zero-order valence-corrected chi connectivity index (χ0v) is 23.5. The first-order chi connectivity index (χ1) is 18.4. The number of fused-ring (bicyclic) bond motifs is 1. The van der Waals surface area contributed by atoms with Gasteiger partial charge in [0.1, 0.15) is 0 Å². The predicted molar refractivity (Wildman–Crippen MR) is 155 cm³/mol. The molecule has 4 aromatic rings. The first-order valence-corrected chi connectivity index (χ1v) is 13.7. The number of carbonyl (C=O) groups excluding carboxylic acids is 1. The average Bonchev–Trinajstić information content (AvgIpc) is 3.25. The Kier molecular flexibility index (Phi) is 7.48. The molecule has 1 aromatic heterocycles. The van der Waals surface area contributed by atoms with E-state index in [2.05, 4.69) is 0 Å². The molecule has 7 nitrogen and oxygen atoms in total. The van der Waals surface area contributed by atoms with Crippen LogP contribution in [0.4, 0.5) is 0 Å². The van der Waals surface area contributed by atoms with Gasteiger partial charge >= 0.3 is 5.97 Å². The Morgan fingerprint density at radius 1 is 1.13 bits per heavy atom. The molecule has 1 N–H and O–H groups in total. The zero-order valence-electron chi connectivity index (χ0n) is 20.6. The number of rotatable bonds is 6.